The average molecular weight is 1590 g/mol. The van der Waals surface area contributed by atoms with Crippen molar-refractivity contribution >= 4 is 64.9 Å². The van der Waals surface area contributed by atoms with Crippen molar-refractivity contribution in [3.8, 4) is 11.5 Å². The first kappa shape index (κ1) is 95.9. The van der Waals surface area contributed by atoms with E-state index in [2.05, 4.69) is 97.7 Å². The minimum atomic E-state index is -0.655. The van der Waals surface area contributed by atoms with Crippen LogP contribution in [0.5, 0.6) is 11.5 Å². The molecular weight excluding hydrogens is 1450 g/mol. The second-order valence-corrected chi connectivity index (χ2v) is 36.1. The first-order chi connectivity index (χ1) is 54.1. The molecule has 0 heterocycles. The number of benzene rings is 2. The molecule has 22 heteroatoms. The molecule has 8 rings (SSSR count). The van der Waals surface area contributed by atoms with Crippen molar-refractivity contribution in [1.29, 1.82) is 0 Å². The minimum Gasteiger partial charge on any atom is -0.465 e. The van der Waals surface area contributed by atoms with Crippen LogP contribution in [0.15, 0.2) is 36.4 Å². The van der Waals surface area contributed by atoms with E-state index in [0.29, 0.717) is 155 Å². The van der Waals surface area contributed by atoms with E-state index >= 15 is 0 Å². The van der Waals surface area contributed by atoms with Crippen molar-refractivity contribution in [2.24, 2.45) is 58.2 Å². The number of Topliss-reactive ketones (excluding diaryl/α,β-unsaturated/α-hetero) is 3. The van der Waals surface area contributed by atoms with E-state index in [0.717, 1.165) is 116 Å². The Hall–Kier alpha value is -6.91. The van der Waals surface area contributed by atoms with Crippen molar-refractivity contribution < 1.29 is 76.4 Å². The van der Waals surface area contributed by atoms with E-state index in [-0.39, 0.29) is 118 Å². The monoisotopic (exact) mass is 1590 g/mol. The third-order valence-electron chi connectivity index (χ3n) is 25.2. The smallest absolute Gasteiger partial charge is 0.328 e. The molecule has 114 heavy (non-hydrogen) atoms. The molecule has 22 nitrogen and oxygen atoms in total. The Balaban J connectivity index is 0.000000284. The second-order valence-electron chi connectivity index (χ2n) is 36.1. The van der Waals surface area contributed by atoms with Crippen LogP contribution in [-0.4, -0.2) is 142 Å². The molecule has 0 aromatic heterocycles. The maximum Gasteiger partial charge on any atom is 0.328 e. The number of carbonyl (C=O) groups excluding carboxylic acids is 11. The Morgan fingerprint density at radius 3 is 1.15 bits per heavy atom. The van der Waals surface area contributed by atoms with E-state index in [4.69, 9.17) is 23.7 Å². The Morgan fingerprint density at radius 1 is 0.421 bits per heavy atom. The third-order valence-corrected chi connectivity index (χ3v) is 25.2. The van der Waals surface area contributed by atoms with Crippen LogP contribution in [0.25, 0.3) is 0 Å². The molecule has 0 aliphatic heterocycles. The summed E-state index contributed by atoms with van der Waals surface area (Å²) in [6.07, 6.45) is 23.3. The van der Waals surface area contributed by atoms with Crippen LogP contribution < -0.4 is 41.4 Å². The number of rotatable bonds is 43. The number of esters is 5. The van der Waals surface area contributed by atoms with E-state index in [9.17, 15) is 52.7 Å². The first-order valence-electron chi connectivity index (χ1n) is 43.8. The largest absolute Gasteiger partial charge is 0.465 e. The zero-order chi connectivity index (χ0) is 84.0. The molecule has 2 aromatic rings. The van der Waals surface area contributed by atoms with Gasteiger partial charge in [-0.3, -0.25) is 19.2 Å². The number of hydrogen-bond acceptors (Lipinski definition) is 19. The van der Waals surface area contributed by atoms with Crippen LogP contribution in [0, 0.1) is 58.2 Å². The maximum atomic E-state index is 13.6. The van der Waals surface area contributed by atoms with Gasteiger partial charge in [0.05, 0.1) is 6.61 Å². The van der Waals surface area contributed by atoms with Gasteiger partial charge in [0.25, 0.3) is 0 Å². The van der Waals surface area contributed by atoms with Gasteiger partial charge in [0.15, 0.2) is 0 Å². The zero-order valence-corrected chi connectivity index (χ0v) is 72.6. The summed E-state index contributed by atoms with van der Waals surface area (Å²) in [5, 5.41) is 17.9. The maximum absolute atomic E-state index is 13.6. The molecule has 2 aromatic carbocycles. The highest BCUT2D eigenvalue weighted by Crippen LogP contribution is 2.63. The summed E-state index contributed by atoms with van der Waals surface area (Å²) in [5.41, 5.74) is 5.18. The zero-order valence-electron chi connectivity index (χ0n) is 72.6. The van der Waals surface area contributed by atoms with Gasteiger partial charge in [-0.1, -0.05) is 81.4 Å². The standard InChI is InChI=1S/2C38H58N2O6.C16H30N2O4/c2*1-23(2)20-32(39-7)36(43)45-27-13-15-28-26(22-27)12-14-30-29(28)18-19-38(6)31(30)16-17-34(38)46-37(44)33(21-24(3)4)40-35(42)11-9-8-10-25(5)41;1-4-22-16(21)14(17-3)10-7-8-12-18-15(20)11-6-5-9-13(2)19/h2*13,15,22-24,29-34,39H,8-12,14,16-21H2,1-7H3,(H,40,42);14,17H,4-12H2,1-3H3,(H,18,20)/t2*29?,30?,31?,32?,33?,34-,38-;/m00./s1. The quantitative estimate of drug-likeness (QED) is 0.0156. The summed E-state index contributed by atoms with van der Waals surface area (Å²) in [7, 11) is 5.34. The molecule has 4 fully saturated rings. The number of unbranched alkanes of at least 4 members (excludes halogenated alkanes) is 4. The Morgan fingerprint density at radius 2 is 0.789 bits per heavy atom. The number of nitrogens with one attached hydrogen (secondary N) is 6. The highest BCUT2D eigenvalue weighted by molar-refractivity contribution is 5.86. The minimum absolute atomic E-state index is 0.0270. The number of likely N-dealkylation sites (N-methyl/N-ethyl adjacent to an activating group) is 3. The van der Waals surface area contributed by atoms with Crippen molar-refractivity contribution in [2.45, 2.75) is 350 Å². The van der Waals surface area contributed by atoms with Gasteiger partial charge < -0.3 is 70.0 Å². The summed E-state index contributed by atoms with van der Waals surface area (Å²) < 4.78 is 29.2. The number of ketones is 3. The van der Waals surface area contributed by atoms with E-state index in [1.165, 1.54) is 22.3 Å². The van der Waals surface area contributed by atoms with Gasteiger partial charge in [-0.15, -0.1) is 0 Å². The molecule has 0 spiro atoms. The molecule has 6 aliphatic rings. The van der Waals surface area contributed by atoms with Crippen molar-refractivity contribution in [3.05, 3.63) is 58.7 Å². The fourth-order valence-electron chi connectivity index (χ4n) is 19.3. The molecule has 640 valence electrons. The molecule has 0 bridgehead atoms. The molecule has 0 radical (unpaired) electrons. The second kappa shape index (κ2) is 47.5. The normalized spacial score (nSPS) is 23.6. The summed E-state index contributed by atoms with van der Waals surface area (Å²) in [5.74, 6) is 4.25. The number of ether oxygens (including phenoxy) is 5. The average Bonchev–Trinajstić information content (AvgIpc) is 1.53. The SMILES string of the molecule is CCOC(=O)C(CCCCNC(=O)CCCCC(C)=O)NC.CNC(CC(C)C)C(=O)Oc1ccc2c(c1)CCC1C2CC[C@@]2(C)C1CC[C@@H]2OC(=O)C(CC(C)C)NC(=O)CCCCC(C)=O.CNC(CC(C)C)C(=O)Oc1ccc2c(c1)CCC1C2CC[C@@]2(C)C1CC[C@@H]2OC(=O)C(CC(C)C)NC(=O)CCCCC(C)=O. The van der Waals surface area contributed by atoms with Crippen molar-refractivity contribution in [2.75, 3.05) is 34.3 Å². The molecule has 6 aliphatic carbocycles. The van der Waals surface area contributed by atoms with E-state index < -0.39 is 12.1 Å². The van der Waals surface area contributed by atoms with Crippen LogP contribution in [0.2, 0.25) is 0 Å². The lowest BCUT2D eigenvalue weighted by molar-refractivity contribution is -0.162. The van der Waals surface area contributed by atoms with Gasteiger partial charge in [0, 0.05) is 55.9 Å². The summed E-state index contributed by atoms with van der Waals surface area (Å²) >= 11 is 0. The molecule has 15 atom stereocenters. The van der Waals surface area contributed by atoms with Crippen LogP contribution in [0.1, 0.15) is 317 Å². The highest BCUT2D eigenvalue weighted by Gasteiger charge is 2.58. The van der Waals surface area contributed by atoms with Crippen LogP contribution in [-0.2, 0) is 79.8 Å². The van der Waals surface area contributed by atoms with Crippen LogP contribution in [0.3, 0.4) is 0 Å². The molecular formula is C92H146N6O16. The Bertz CT molecular complexity index is 3290. The van der Waals surface area contributed by atoms with Crippen molar-refractivity contribution in [3.63, 3.8) is 0 Å². The van der Waals surface area contributed by atoms with Crippen LogP contribution >= 0.6 is 0 Å². The first-order valence-corrected chi connectivity index (χ1v) is 43.8. The molecule has 4 saturated carbocycles. The predicted molar refractivity (Wildman–Crippen MR) is 444 cm³/mol. The Kier molecular flexibility index (Phi) is 40.0. The molecule has 6 N–H and O–H groups in total. The number of aryl methyl sites for hydroxylation is 2. The lowest BCUT2D eigenvalue weighted by Gasteiger charge is -2.50. The highest BCUT2D eigenvalue weighted by atomic mass is 16.6. The number of hydrogen-bond donors (Lipinski definition) is 6. The Labute approximate surface area is 682 Å². The topological polar surface area (TPSA) is 306 Å². The summed E-state index contributed by atoms with van der Waals surface area (Å²) in [6, 6.07) is 10.2. The van der Waals surface area contributed by atoms with Gasteiger partial charge in [-0.05, 0) is 315 Å². The number of amides is 3. The van der Waals surface area contributed by atoms with Gasteiger partial charge in [-0.25, -0.2) is 19.2 Å². The van der Waals surface area contributed by atoms with Gasteiger partial charge in [0.2, 0.25) is 17.7 Å². The molecule has 11 unspecified atom stereocenters. The van der Waals surface area contributed by atoms with Crippen LogP contribution in [0.4, 0.5) is 0 Å². The van der Waals surface area contributed by atoms with Gasteiger partial charge in [-0.2, -0.15) is 0 Å². The van der Waals surface area contributed by atoms with E-state index in [1.807, 2.05) is 39.8 Å². The van der Waals surface area contributed by atoms with Gasteiger partial charge in [0.1, 0.15) is 71.3 Å². The fourth-order valence-corrected chi connectivity index (χ4v) is 19.3. The van der Waals surface area contributed by atoms with E-state index in [1.54, 1.807) is 48.8 Å². The fraction of sp³-hybridized carbons (Fsp3) is 0.750. The van der Waals surface area contributed by atoms with Crippen molar-refractivity contribution in [1.82, 2.24) is 31.9 Å². The third kappa shape index (κ3) is 29.3. The lowest BCUT2D eigenvalue weighted by atomic mass is 9.55. The molecule has 0 saturated heterocycles. The lowest BCUT2D eigenvalue weighted by Crippen LogP contribution is -2.48. The number of carbonyl (C=O) groups is 11. The number of fused-ring (bicyclic) bond motifs is 10. The summed E-state index contributed by atoms with van der Waals surface area (Å²) in [4.78, 5) is 134. The van der Waals surface area contributed by atoms with Gasteiger partial charge >= 0.3 is 29.8 Å². The predicted octanol–water partition coefficient (Wildman–Crippen LogP) is 14.9. The summed E-state index contributed by atoms with van der Waals surface area (Å²) in [6.45, 7) is 28.7. The molecule has 3 amide bonds.